The first-order valence-electron chi connectivity index (χ1n) is 9.74. The summed E-state index contributed by atoms with van der Waals surface area (Å²) in [7, 11) is 0. The van der Waals surface area contributed by atoms with Crippen LogP contribution in [0.1, 0.15) is 43.4 Å². The van der Waals surface area contributed by atoms with E-state index in [0.29, 0.717) is 13.1 Å². The lowest BCUT2D eigenvalue weighted by atomic mass is 10.1. The van der Waals surface area contributed by atoms with E-state index >= 15 is 0 Å². The molecule has 2 aliphatic rings. The fraction of sp³-hybridized carbons (Fsp3) is 0.500. The van der Waals surface area contributed by atoms with E-state index in [1.54, 1.807) is 4.90 Å². The Hall–Kier alpha value is -2.70. The Kier molecular flexibility index (Phi) is 4.92. The maximum Gasteiger partial charge on any atom is 0.227 e. The first kappa shape index (κ1) is 17.7. The molecule has 3 heterocycles. The standard InChI is InChI=1S/C20H25N5O2/c1-2-14-7-3-4-8-16(14)25-13-15(11-19(25)26)20(27)21-12-18-23-22-17-9-5-6-10-24(17)18/h3-4,7-8,15H,2,5-6,9-13H2,1H3,(H,21,27). The van der Waals surface area contributed by atoms with E-state index in [-0.39, 0.29) is 24.2 Å². The van der Waals surface area contributed by atoms with Crippen molar-refractivity contribution in [3.05, 3.63) is 41.5 Å². The summed E-state index contributed by atoms with van der Waals surface area (Å²) in [6.07, 6.45) is 4.32. The number of nitrogens with one attached hydrogen (secondary N) is 1. The molecule has 1 atom stereocenters. The number of aromatic nitrogens is 3. The molecular weight excluding hydrogens is 342 g/mol. The average molecular weight is 367 g/mol. The highest BCUT2D eigenvalue weighted by Gasteiger charge is 2.35. The number of hydrogen-bond acceptors (Lipinski definition) is 4. The number of aryl methyl sites for hydroxylation is 2. The molecule has 142 valence electrons. The summed E-state index contributed by atoms with van der Waals surface area (Å²) in [4.78, 5) is 26.9. The lowest BCUT2D eigenvalue weighted by Gasteiger charge is -2.20. The number of amides is 2. The van der Waals surface area contributed by atoms with Gasteiger partial charge in [0.25, 0.3) is 0 Å². The van der Waals surface area contributed by atoms with Gasteiger partial charge in [-0.05, 0) is 30.9 Å². The number of nitrogens with zero attached hydrogens (tertiary/aromatic N) is 4. The van der Waals surface area contributed by atoms with Gasteiger partial charge in [0, 0.05) is 31.6 Å². The summed E-state index contributed by atoms with van der Waals surface area (Å²) in [6.45, 7) is 3.78. The van der Waals surface area contributed by atoms with Crippen LogP contribution in [-0.2, 0) is 35.5 Å². The number of benzene rings is 1. The van der Waals surface area contributed by atoms with E-state index in [1.807, 2.05) is 24.3 Å². The van der Waals surface area contributed by atoms with Crippen LogP contribution in [0.15, 0.2) is 24.3 Å². The van der Waals surface area contributed by atoms with E-state index < -0.39 is 0 Å². The van der Waals surface area contributed by atoms with E-state index in [2.05, 4.69) is 27.0 Å². The molecule has 2 aliphatic heterocycles. The van der Waals surface area contributed by atoms with Crippen LogP contribution in [0.3, 0.4) is 0 Å². The molecule has 0 saturated carbocycles. The second-order valence-electron chi connectivity index (χ2n) is 7.25. The highest BCUT2D eigenvalue weighted by molar-refractivity contribution is 6.00. The summed E-state index contributed by atoms with van der Waals surface area (Å²) in [5.74, 6) is 1.40. The second kappa shape index (κ2) is 7.50. The Labute approximate surface area is 158 Å². The van der Waals surface area contributed by atoms with Gasteiger partial charge >= 0.3 is 0 Å². The van der Waals surface area contributed by atoms with Crippen LogP contribution in [0.4, 0.5) is 5.69 Å². The number of carbonyl (C=O) groups is 2. The summed E-state index contributed by atoms with van der Waals surface area (Å²) >= 11 is 0. The van der Waals surface area contributed by atoms with Crippen molar-refractivity contribution >= 4 is 17.5 Å². The first-order chi connectivity index (χ1) is 13.2. The molecule has 7 nitrogen and oxygen atoms in total. The van der Waals surface area contributed by atoms with Gasteiger partial charge in [-0.15, -0.1) is 10.2 Å². The van der Waals surface area contributed by atoms with E-state index in [9.17, 15) is 9.59 Å². The number of anilines is 1. The topological polar surface area (TPSA) is 80.1 Å². The molecule has 7 heteroatoms. The van der Waals surface area contributed by atoms with Crippen LogP contribution in [0, 0.1) is 5.92 Å². The molecule has 1 aromatic heterocycles. The normalized spacial score (nSPS) is 19.2. The average Bonchev–Trinajstić information content (AvgIpc) is 3.29. The van der Waals surface area contributed by atoms with Crippen molar-refractivity contribution in [2.24, 2.45) is 5.92 Å². The fourth-order valence-electron chi connectivity index (χ4n) is 4.00. The van der Waals surface area contributed by atoms with Crippen LogP contribution >= 0.6 is 0 Å². The molecule has 27 heavy (non-hydrogen) atoms. The molecule has 0 spiro atoms. The predicted octanol–water partition coefficient (Wildman–Crippen LogP) is 1.85. The quantitative estimate of drug-likeness (QED) is 0.875. The van der Waals surface area contributed by atoms with E-state index in [4.69, 9.17) is 0 Å². The summed E-state index contributed by atoms with van der Waals surface area (Å²) in [5, 5.41) is 11.4. The van der Waals surface area contributed by atoms with Crippen LogP contribution in [0.5, 0.6) is 0 Å². The SMILES string of the molecule is CCc1ccccc1N1CC(C(=O)NCc2nnc3n2CCCC3)CC1=O. The second-order valence-corrected chi connectivity index (χ2v) is 7.25. The van der Waals surface area contributed by atoms with Crippen molar-refractivity contribution in [1.82, 2.24) is 20.1 Å². The summed E-state index contributed by atoms with van der Waals surface area (Å²) < 4.78 is 2.10. The minimum Gasteiger partial charge on any atom is -0.348 e. The van der Waals surface area contributed by atoms with Crippen molar-refractivity contribution in [2.75, 3.05) is 11.4 Å². The highest BCUT2D eigenvalue weighted by atomic mass is 16.2. The lowest BCUT2D eigenvalue weighted by molar-refractivity contribution is -0.126. The van der Waals surface area contributed by atoms with E-state index in [1.165, 1.54) is 0 Å². The third-order valence-electron chi connectivity index (χ3n) is 5.52. The zero-order chi connectivity index (χ0) is 18.8. The highest BCUT2D eigenvalue weighted by Crippen LogP contribution is 2.28. The molecule has 4 rings (SSSR count). The van der Waals surface area contributed by atoms with Gasteiger partial charge in [0.2, 0.25) is 11.8 Å². The van der Waals surface area contributed by atoms with Gasteiger partial charge in [0.15, 0.2) is 5.82 Å². The number of rotatable bonds is 5. The molecule has 2 aromatic rings. The first-order valence-corrected chi connectivity index (χ1v) is 9.74. The number of para-hydroxylation sites is 1. The largest absolute Gasteiger partial charge is 0.348 e. The Bertz CT molecular complexity index is 860. The van der Waals surface area contributed by atoms with Crippen molar-refractivity contribution in [3.8, 4) is 0 Å². The Morgan fingerprint density at radius 2 is 2.11 bits per heavy atom. The molecule has 1 fully saturated rings. The van der Waals surface area contributed by atoms with Gasteiger partial charge in [0.1, 0.15) is 5.82 Å². The van der Waals surface area contributed by atoms with Crippen molar-refractivity contribution in [2.45, 2.75) is 52.1 Å². The fourth-order valence-corrected chi connectivity index (χ4v) is 4.00. The minimum atomic E-state index is -0.328. The maximum absolute atomic E-state index is 12.6. The van der Waals surface area contributed by atoms with Crippen molar-refractivity contribution in [1.29, 1.82) is 0 Å². The molecule has 1 saturated heterocycles. The van der Waals surface area contributed by atoms with Crippen LogP contribution in [0.2, 0.25) is 0 Å². The van der Waals surface area contributed by atoms with Crippen LogP contribution in [0.25, 0.3) is 0 Å². The van der Waals surface area contributed by atoms with Crippen molar-refractivity contribution in [3.63, 3.8) is 0 Å². The summed E-state index contributed by atoms with van der Waals surface area (Å²) in [6, 6.07) is 7.90. The minimum absolute atomic E-state index is 0.0101. The lowest BCUT2D eigenvalue weighted by Crippen LogP contribution is -2.33. The molecule has 0 bridgehead atoms. The Morgan fingerprint density at radius 1 is 1.26 bits per heavy atom. The molecular formula is C20H25N5O2. The molecule has 1 aromatic carbocycles. The molecule has 1 N–H and O–H groups in total. The van der Waals surface area contributed by atoms with Crippen LogP contribution in [-0.4, -0.2) is 33.1 Å². The zero-order valence-corrected chi connectivity index (χ0v) is 15.6. The van der Waals surface area contributed by atoms with Crippen molar-refractivity contribution < 1.29 is 9.59 Å². The number of hydrogen-bond donors (Lipinski definition) is 1. The smallest absolute Gasteiger partial charge is 0.227 e. The van der Waals surface area contributed by atoms with Gasteiger partial charge in [-0.1, -0.05) is 25.1 Å². The van der Waals surface area contributed by atoms with Gasteiger partial charge in [0.05, 0.1) is 12.5 Å². The van der Waals surface area contributed by atoms with Gasteiger partial charge in [-0.25, -0.2) is 0 Å². The van der Waals surface area contributed by atoms with Crippen LogP contribution < -0.4 is 10.2 Å². The van der Waals surface area contributed by atoms with Gasteiger partial charge in [-0.3, -0.25) is 9.59 Å². The Morgan fingerprint density at radius 3 is 2.96 bits per heavy atom. The third-order valence-corrected chi connectivity index (χ3v) is 5.52. The molecule has 0 aliphatic carbocycles. The molecule has 0 radical (unpaired) electrons. The zero-order valence-electron chi connectivity index (χ0n) is 15.6. The van der Waals surface area contributed by atoms with Gasteiger partial charge < -0.3 is 14.8 Å². The monoisotopic (exact) mass is 367 g/mol. The van der Waals surface area contributed by atoms with E-state index in [0.717, 1.165) is 55.1 Å². The third kappa shape index (κ3) is 3.46. The summed E-state index contributed by atoms with van der Waals surface area (Å²) in [5.41, 5.74) is 2.05. The number of carbonyl (C=O) groups excluding carboxylic acids is 2. The maximum atomic E-state index is 12.6. The molecule has 2 amide bonds. The molecule has 1 unspecified atom stereocenters. The van der Waals surface area contributed by atoms with Gasteiger partial charge in [-0.2, -0.15) is 0 Å². The number of fused-ring (bicyclic) bond motifs is 1. The predicted molar refractivity (Wildman–Crippen MR) is 101 cm³/mol. The Balaban J connectivity index is 1.40.